The van der Waals surface area contributed by atoms with E-state index in [0.29, 0.717) is 0 Å². The first kappa shape index (κ1) is 14.4. The topological polar surface area (TPSA) is 61.7 Å². The smallest absolute Gasteiger partial charge is 0.130 e. The molecule has 1 aromatic carbocycles. The molecule has 4 nitrogen and oxygen atoms in total. The number of methoxy groups -OCH3 is 1. The SMILES string of the molecule is COc1ccc(-n2c(C)cc(C=C(C#N)C#N)c2C)cc1. The summed E-state index contributed by atoms with van der Waals surface area (Å²) in [6, 6.07) is 13.5. The van der Waals surface area contributed by atoms with Crippen LogP contribution in [0.3, 0.4) is 0 Å². The first-order valence-electron chi connectivity index (χ1n) is 6.46. The molecule has 2 aromatic rings. The van der Waals surface area contributed by atoms with Crippen LogP contribution in [0.15, 0.2) is 35.9 Å². The lowest BCUT2D eigenvalue weighted by atomic mass is 10.1. The van der Waals surface area contributed by atoms with Crippen molar-refractivity contribution in [3.05, 3.63) is 52.9 Å². The highest BCUT2D eigenvalue weighted by molar-refractivity contribution is 5.65. The summed E-state index contributed by atoms with van der Waals surface area (Å²) in [7, 11) is 1.63. The lowest BCUT2D eigenvalue weighted by Gasteiger charge is -2.10. The van der Waals surface area contributed by atoms with Crippen LogP contribution in [-0.4, -0.2) is 11.7 Å². The molecule has 0 amide bonds. The molecule has 2 rings (SSSR count). The number of nitriles is 2. The van der Waals surface area contributed by atoms with Crippen molar-refractivity contribution in [2.24, 2.45) is 0 Å². The van der Waals surface area contributed by atoms with Crippen LogP contribution in [0.5, 0.6) is 5.75 Å². The van der Waals surface area contributed by atoms with Crippen LogP contribution in [0.25, 0.3) is 11.8 Å². The third-order valence-corrected chi connectivity index (χ3v) is 3.34. The number of benzene rings is 1. The summed E-state index contributed by atoms with van der Waals surface area (Å²) in [4.78, 5) is 0. The molecule has 1 aromatic heterocycles. The van der Waals surface area contributed by atoms with Gasteiger partial charge in [0.05, 0.1) is 7.11 Å². The van der Waals surface area contributed by atoms with Crippen LogP contribution in [0.2, 0.25) is 0 Å². The second kappa shape index (κ2) is 5.98. The van der Waals surface area contributed by atoms with Crippen molar-refractivity contribution in [2.45, 2.75) is 13.8 Å². The molecule has 104 valence electrons. The van der Waals surface area contributed by atoms with E-state index in [4.69, 9.17) is 15.3 Å². The minimum absolute atomic E-state index is 0.102. The lowest BCUT2D eigenvalue weighted by molar-refractivity contribution is 0.414. The molecule has 0 unspecified atom stereocenters. The first-order valence-corrected chi connectivity index (χ1v) is 6.46. The van der Waals surface area contributed by atoms with Gasteiger partial charge < -0.3 is 9.30 Å². The Morgan fingerprint density at radius 2 is 1.76 bits per heavy atom. The number of allylic oxidation sites excluding steroid dienone is 1. The maximum Gasteiger partial charge on any atom is 0.130 e. The highest BCUT2D eigenvalue weighted by atomic mass is 16.5. The minimum Gasteiger partial charge on any atom is -0.497 e. The average molecular weight is 277 g/mol. The van der Waals surface area contributed by atoms with Gasteiger partial charge in [0.1, 0.15) is 23.5 Å². The second-order valence-electron chi connectivity index (χ2n) is 4.64. The largest absolute Gasteiger partial charge is 0.497 e. The molecule has 0 aliphatic carbocycles. The van der Waals surface area contributed by atoms with Gasteiger partial charge in [-0.05, 0) is 55.8 Å². The van der Waals surface area contributed by atoms with E-state index < -0.39 is 0 Å². The second-order valence-corrected chi connectivity index (χ2v) is 4.64. The zero-order valence-corrected chi connectivity index (χ0v) is 12.2. The number of ether oxygens (including phenoxy) is 1. The Morgan fingerprint density at radius 1 is 1.14 bits per heavy atom. The summed E-state index contributed by atoms with van der Waals surface area (Å²) in [5.74, 6) is 0.803. The van der Waals surface area contributed by atoms with Gasteiger partial charge >= 0.3 is 0 Å². The van der Waals surface area contributed by atoms with Gasteiger partial charge in [-0.25, -0.2) is 0 Å². The van der Waals surface area contributed by atoms with Crippen LogP contribution >= 0.6 is 0 Å². The fourth-order valence-corrected chi connectivity index (χ4v) is 2.31. The Hall–Kier alpha value is -2.98. The van der Waals surface area contributed by atoms with Gasteiger partial charge in [-0.2, -0.15) is 10.5 Å². The average Bonchev–Trinajstić information content (AvgIpc) is 2.79. The zero-order valence-electron chi connectivity index (χ0n) is 12.2. The molecular formula is C17H15N3O. The Kier molecular flexibility index (Phi) is 4.11. The highest BCUT2D eigenvalue weighted by Gasteiger charge is 2.10. The maximum atomic E-state index is 8.87. The molecule has 0 aliphatic rings. The van der Waals surface area contributed by atoms with Crippen molar-refractivity contribution in [3.63, 3.8) is 0 Å². The molecule has 0 saturated heterocycles. The molecule has 0 radical (unpaired) electrons. The molecule has 1 heterocycles. The summed E-state index contributed by atoms with van der Waals surface area (Å²) in [5.41, 5.74) is 4.02. The van der Waals surface area contributed by atoms with E-state index in [2.05, 4.69) is 4.57 Å². The van der Waals surface area contributed by atoms with Gasteiger partial charge in [0.15, 0.2) is 0 Å². The Bertz CT molecular complexity index is 752. The van der Waals surface area contributed by atoms with Gasteiger partial charge in [0, 0.05) is 17.1 Å². The molecule has 21 heavy (non-hydrogen) atoms. The summed E-state index contributed by atoms with van der Waals surface area (Å²) < 4.78 is 7.24. The number of hydrogen-bond acceptors (Lipinski definition) is 3. The van der Waals surface area contributed by atoms with E-state index in [-0.39, 0.29) is 5.57 Å². The van der Waals surface area contributed by atoms with Gasteiger partial charge in [-0.3, -0.25) is 0 Å². The predicted molar refractivity (Wildman–Crippen MR) is 81.0 cm³/mol. The van der Waals surface area contributed by atoms with Crippen LogP contribution in [0, 0.1) is 36.5 Å². The zero-order chi connectivity index (χ0) is 15.4. The number of aryl methyl sites for hydroxylation is 1. The highest BCUT2D eigenvalue weighted by Crippen LogP contribution is 2.24. The normalized spacial score (nSPS) is 9.57. The molecule has 0 aliphatic heterocycles. The summed E-state index contributed by atoms with van der Waals surface area (Å²) in [6.07, 6.45) is 1.61. The molecule has 0 bridgehead atoms. The number of rotatable bonds is 3. The van der Waals surface area contributed by atoms with Crippen molar-refractivity contribution in [1.29, 1.82) is 10.5 Å². The monoisotopic (exact) mass is 277 g/mol. The Labute approximate surface area is 124 Å². The minimum atomic E-state index is 0.102. The molecule has 0 fully saturated rings. The first-order chi connectivity index (χ1) is 10.1. The predicted octanol–water partition coefficient (Wildman–Crippen LogP) is 3.53. The number of hydrogen-bond donors (Lipinski definition) is 0. The Balaban J connectivity index is 2.51. The quantitative estimate of drug-likeness (QED) is 0.806. The molecule has 0 N–H and O–H groups in total. The van der Waals surface area contributed by atoms with E-state index in [1.807, 2.05) is 56.3 Å². The molecule has 4 heteroatoms. The third-order valence-electron chi connectivity index (χ3n) is 3.34. The van der Waals surface area contributed by atoms with Crippen molar-refractivity contribution in [1.82, 2.24) is 4.57 Å². The van der Waals surface area contributed by atoms with Crippen molar-refractivity contribution >= 4 is 6.08 Å². The van der Waals surface area contributed by atoms with Gasteiger partial charge in [-0.15, -0.1) is 0 Å². The maximum absolute atomic E-state index is 8.87. The van der Waals surface area contributed by atoms with Gasteiger partial charge in [-0.1, -0.05) is 0 Å². The molecule has 0 spiro atoms. The van der Waals surface area contributed by atoms with E-state index in [1.54, 1.807) is 13.2 Å². The molecule has 0 atom stereocenters. The van der Waals surface area contributed by atoms with E-state index in [1.165, 1.54) is 0 Å². The summed E-state index contributed by atoms with van der Waals surface area (Å²) in [6.45, 7) is 3.96. The lowest BCUT2D eigenvalue weighted by Crippen LogP contribution is -1.99. The van der Waals surface area contributed by atoms with Crippen molar-refractivity contribution < 1.29 is 4.74 Å². The van der Waals surface area contributed by atoms with Crippen LogP contribution < -0.4 is 4.74 Å². The van der Waals surface area contributed by atoms with Crippen LogP contribution in [0.4, 0.5) is 0 Å². The van der Waals surface area contributed by atoms with Crippen molar-refractivity contribution in [2.75, 3.05) is 7.11 Å². The summed E-state index contributed by atoms with van der Waals surface area (Å²) >= 11 is 0. The van der Waals surface area contributed by atoms with Crippen molar-refractivity contribution in [3.8, 4) is 23.6 Å². The fraction of sp³-hybridized carbons (Fsp3) is 0.176. The van der Waals surface area contributed by atoms with Crippen LogP contribution in [-0.2, 0) is 0 Å². The molecular weight excluding hydrogens is 262 g/mol. The fourth-order valence-electron chi connectivity index (χ4n) is 2.31. The number of aromatic nitrogens is 1. The van der Waals surface area contributed by atoms with E-state index >= 15 is 0 Å². The third kappa shape index (κ3) is 2.80. The Morgan fingerprint density at radius 3 is 2.29 bits per heavy atom. The van der Waals surface area contributed by atoms with E-state index in [0.717, 1.165) is 28.4 Å². The molecule has 0 saturated carbocycles. The van der Waals surface area contributed by atoms with Gasteiger partial charge in [0.25, 0.3) is 0 Å². The standard InChI is InChI=1S/C17H15N3O/c1-12-8-15(9-14(10-18)11-19)13(2)20(12)16-4-6-17(21-3)7-5-16/h4-9H,1-3H3. The summed E-state index contributed by atoms with van der Waals surface area (Å²) in [5, 5.41) is 17.7. The van der Waals surface area contributed by atoms with Crippen LogP contribution in [0.1, 0.15) is 17.0 Å². The number of nitrogens with zero attached hydrogens (tertiary/aromatic N) is 3. The van der Waals surface area contributed by atoms with Gasteiger partial charge in [0.2, 0.25) is 0 Å². The van der Waals surface area contributed by atoms with E-state index in [9.17, 15) is 0 Å².